The summed E-state index contributed by atoms with van der Waals surface area (Å²) in [7, 11) is 0. The molecule has 0 aliphatic carbocycles. The molecule has 1 heterocycles. The summed E-state index contributed by atoms with van der Waals surface area (Å²) in [6.07, 6.45) is 0. The van der Waals surface area contributed by atoms with Gasteiger partial charge in [-0.25, -0.2) is 14.8 Å². The summed E-state index contributed by atoms with van der Waals surface area (Å²) < 4.78 is 0. The van der Waals surface area contributed by atoms with E-state index in [0.29, 0.717) is 17.9 Å². The summed E-state index contributed by atoms with van der Waals surface area (Å²) in [5.74, 6) is -0.585. The normalized spacial score (nSPS) is 10.1. The second-order valence-electron chi connectivity index (χ2n) is 4.10. The van der Waals surface area contributed by atoms with Crippen molar-refractivity contribution in [2.75, 3.05) is 11.9 Å². The molecule has 0 unspecified atom stereocenters. The van der Waals surface area contributed by atoms with E-state index in [1.54, 1.807) is 0 Å². The monoisotopic (exact) mass is 288 g/mol. The minimum atomic E-state index is -1.17. The smallest absolute Gasteiger partial charge is 0.354 e. The van der Waals surface area contributed by atoms with E-state index in [2.05, 4.69) is 15.3 Å². The van der Waals surface area contributed by atoms with E-state index in [0.717, 1.165) is 0 Å². The molecule has 8 nitrogen and oxygen atoms in total. The Morgan fingerprint density at radius 1 is 1.33 bits per heavy atom. The highest BCUT2D eigenvalue weighted by atomic mass is 16.6. The van der Waals surface area contributed by atoms with E-state index in [1.165, 1.54) is 30.3 Å². The van der Waals surface area contributed by atoms with E-state index >= 15 is 0 Å². The topological polar surface area (TPSA) is 118 Å². The van der Waals surface area contributed by atoms with Gasteiger partial charge >= 0.3 is 5.97 Å². The van der Waals surface area contributed by atoms with Crippen LogP contribution < -0.4 is 5.32 Å². The van der Waals surface area contributed by atoms with Crippen LogP contribution in [0.5, 0.6) is 0 Å². The van der Waals surface area contributed by atoms with Crippen molar-refractivity contribution in [2.24, 2.45) is 0 Å². The maximum atomic E-state index is 11.1. The molecule has 2 aromatic rings. The molecule has 8 heteroatoms. The summed E-state index contributed by atoms with van der Waals surface area (Å²) in [5, 5.41) is 22.6. The van der Waals surface area contributed by atoms with E-state index in [4.69, 9.17) is 5.11 Å². The van der Waals surface area contributed by atoms with Gasteiger partial charge in [-0.1, -0.05) is 0 Å². The number of nitrogens with one attached hydrogen (secondary N) is 1. The largest absolute Gasteiger partial charge is 0.477 e. The second kappa shape index (κ2) is 5.95. The predicted molar refractivity (Wildman–Crippen MR) is 75.2 cm³/mol. The molecule has 0 saturated heterocycles. The lowest BCUT2D eigenvalue weighted by atomic mass is 10.2. The summed E-state index contributed by atoms with van der Waals surface area (Å²) in [5.41, 5.74) is 0.303. The first-order valence-electron chi connectivity index (χ1n) is 6.12. The first-order valence-corrected chi connectivity index (χ1v) is 6.12. The lowest BCUT2D eigenvalue weighted by Gasteiger charge is -2.07. The molecule has 1 aromatic heterocycles. The number of carboxylic acids is 1. The number of benzene rings is 1. The van der Waals surface area contributed by atoms with Crippen molar-refractivity contribution in [1.29, 1.82) is 0 Å². The van der Waals surface area contributed by atoms with Crippen LogP contribution in [0.2, 0.25) is 0 Å². The third kappa shape index (κ3) is 3.30. The fraction of sp³-hybridized carbons (Fsp3) is 0.154. The molecule has 21 heavy (non-hydrogen) atoms. The molecule has 0 amide bonds. The molecule has 0 atom stereocenters. The minimum absolute atomic E-state index is 0.0555. The van der Waals surface area contributed by atoms with Crippen LogP contribution in [0.25, 0.3) is 11.4 Å². The fourth-order valence-electron chi connectivity index (χ4n) is 1.69. The van der Waals surface area contributed by atoms with Crippen molar-refractivity contribution in [1.82, 2.24) is 9.97 Å². The first kappa shape index (κ1) is 14.4. The molecule has 108 valence electrons. The molecule has 2 rings (SSSR count). The zero-order valence-corrected chi connectivity index (χ0v) is 11.1. The summed E-state index contributed by atoms with van der Waals surface area (Å²) in [6, 6.07) is 6.93. The maximum absolute atomic E-state index is 11.1. The molecule has 0 spiro atoms. The average Bonchev–Trinajstić information content (AvgIpc) is 2.47. The number of carboxylic acid groups (broad SMARTS) is 1. The Bertz CT molecular complexity index is 685. The number of hydrogen-bond acceptors (Lipinski definition) is 6. The molecule has 0 aliphatic rings. The molecule has 0 radical (unpaired) electrons. The molecule has 0 aliphatic heterocycles. The Morgan fingerprint density at radius 3 is 2.52 bits per heavy atom. The van der Waals surface area contributed by atoms with Gasteiger partial charge in [0.2, 0.25) is 0 Å². The number of aromatic carboxylic acids is 1. The minimum Gasteiger partial charge on any atom is -0.477 e. The lowest BCUT2D eigenvalue weighted by Crippen LogP contribution is -2.07. The van der Waals surface area contributed by atoms with Crippen molar-refractivity contribution in [2.45, 2.75) is 6.92 Å². The molecule has 0 saturated carbocycles. The molecular weight excluding hydrogens is 276 g/mol. The number of nitrogens with zero attached hydrogens (tertiary/aromatic N) is 3. The van der Waals surface area contributed by atoms with Crippen molar-refractivity contribution in [3.63, 3.8) is 0 Å². The fourth-order valence-corrected chi connectivity index (χ4v) is 1.69. The number of hydrogen-bond donors (Lipinski definition) is 2. The van der Waals surface area contributed by atoms with Crippen LogP contribution in [0.15, 0.2) is 30.3 Å². The van der Waals surface area contributed by atoms with Crippen LogP contribution >= 0.6 is 0 Å². The van der Waals surface area contributed by atoms with Crippen LogP contribution in [0, 0.1) is 10.1 Å². The molecule has 0 bridgehead atoms. The van der Waals surface area contributed by atoms with E-state index in [-0.39, 0.29) is 17.2 Å². The summed E-state index contributed by atoms with van der Waals surface area (Å²) >= 11 is 0. The van der Waals surface area contributed by atoms with Gasteiger partial charge in [0, 0.05) is 30.3 Å². The highest BCUT2D eigenvalue weighted by molar-refractivity contribution is 5.87. The Labute approximate surface area is 119 Å². The molecular formula is C13H12N4O4. The zero-order chi connectivity index (χ0) is 15.4. The zero-order valence-electron chi connectivity index (χ0n) is 11.1. The van der Waals surface area contributed by atoms with Gasteiger partial charge in [-0.3, -0.25) is 10.1 Å². The molecule has 2 N–H and O–H groups in total. The predicted octanol–water partition coefficient (Wildman–Crippen LogP) is 2.18. The van der Waals surface area contributed by atoms with Crippen molar-refractivity contribution < 1.29 is 14.8 Å². The van der Waals surface area contributed by atoms with E-state index in [9.17, 15) is 14.9 Å². The SMILES string of the molecule is CCNc1cc(C(=O)O)nc(-c2ccc([N+](=O)[O-])cc2)n1. The second-order valence-corrected chi connectivity index (χ2v) is 4.10. The number of nitro groups is 1. The Balaban J connectivity index is 2.46. The van der Waals surface area contributed by atoms with Gasteiger partial charge in [-0.2, -0.15) is 0 Å². The third-order valence-corrected chi connectivity index (χ3v) is 2.64. The number of rotatable bonds is 5. The summed E-state index contributed by atoms with van der Waals surface area (Å²) in [4.78, 5) is 29.3. The van der Waals surface area contributed by atoms with Gasteiger partial charge in [-0.15, -0.1) is 0 Å². The highest BCUT2D eigenvalue weighted by Crippen LogP contribution is 2.21. The van der Waals surface area contributed by atoms with Gasteiger partial charge in [0.25, 0.3) is 5.69 Å². The molecule has 0 fully saturated rings. The number of aromatic nitrogens is 2. The van der Waals surface area contributed by atoms with Gasteiger partial charge in [0.05, 0.1) is 4.92 Å². The maximum Gasteiger partial charge on any atom is 0.354 e. The van der Waals surface area contributed by atoms with Gasteiger partial charge in [-0.05, 0) is 19.1 Å². The van der Waals surface area contributed by atoms with Crippen molar-refractivity contribution in [3.05, 3.63) is 46.1 Å². The van der Waals surface area contributed by atoms with E-state index in [1.807, 2.05) is 6.92 Å². The Kier molecular flexibility index (Phi) is 4.07. The summed E-state index contributed by atoms with van der Waals surface area (Å²) in [6.45, 7) is 2.43. The van der Waals surface area contributed by atoms with Crippen LogP contribution in [0.4, 0.5) is 11.5 Å². The van der Waals surface area contributed by atoms with Crippen LogP contribution in [-0.4, -0.2) is 32.5 Å². The Hall–Kier alpha value is -3.03. The number of non-ortho nitro benzene ring substituents is 1. The molecule has 1 aromatic carbocycles. The van der Waals surface area contributed by atoms with E-state index < -0.39 is 10.9 Å². The van der Waals surface area contributed by atoms with Crippen LogP contribution in [0.3, 0.4) is 0 Å². The standard InChI is InChI=1S/C13H12N4O4/c1-2-14-11-7-10(13(18)19)15-12(16-11)8-3-5-9(6-4-8)17(20)21/h3-7H,2H2,1H3,(H,18,19)(H,14,15,16). The quantitative estimate of drug-likeness (QED) is 0.639. The number of carbonyl (C=O) groups is 1. The number of anilines is 1. The van der Waals surface area contributed by atoms with Crippen LogP contribution in [-0.2, 0) is 0 Å². The average molecular weight is 288 g/mol. The Morgan fingerprint density at radius 2 is 2.00 bits per heavy atom. The number of nitro benzene ring substituents is 1. The van der Waals surface area contributed by atoms with Crippen molar-refractivity contribution in [3.8, 4) is 11.4 Å². The van der Waals surface area contributed by atoms with Gasteiger partial charge in [0.1, 0.15) is 5.82 Å². The van der Waals surface area contributed by atoms with Crippen molar-refractivity contribution >= 4 is 17.5 Å². The highest BCUT2D eigenvalue weighted by Gasteiger charge is 2.13. The first-order chi connectivity index (χ1) is 10.0. The lowest BCUT2D eigenvalue weighted by molar-refractivity contribution is -0.384. The van der Waals surface area contributed by atoms with Gasteiger partial charge < -0.3 is 10.4 Å². The van der Waals surface area contributed by atoms with Gasteiger partial charge in [0.15, 0.2) is 11.5 Å². The third-order valence-electron chi connectivity index (χ3n) is 2.64. The van der Waals surface area contributed by atoms with Crippen LogP contribution in [0.1, 0.15) is 17.4 Å².